The molecule has 0 aliphatic rings. The molecule has 27 heavy (non-hydrogen) atoms. The number of amides is 1. The molecule has 1 N–H and O–H groups in total. The molecule has 1 heterocycles. The fraction of sp³-hybridized carbons (Fsp3) is 0.105. The Kier molecular flexibility index (Phi) is 5.98. The highest BCUT2D eigenvalue weighted by molar-refractivity contribution is 9.10. The maximum Gasteiger partial charge on any atom is 0.350 e. The van der Waals surface area contributed by atoms with Crippen LogP contribution in [0.3, 0.4) is 0 Å². The summed E-state index contributed by atoms with van der Waals surface area (Å²) in [6.07, 6.45) is 0. The van der Waals surface area contributed by atoms with Gasteiger partial charge in [0.15, 0.2) is 5.13 Å². The molecule has 8 heteroatoms. The van der Waals surface area contributed by atoms with Crippen molar-refractivity contribution in [2.75, 3.05) is 11.9 Å². The van der Waals surface area contributed by atoms with E-state index in [1.807, 2.05) is 30.3 Å². The van der Waals surface area contributed by atoms with Gasteiger partial charge in [0.2, 0.25) is 0 Å². The summed E-state index contributed by atoms with van der Waals surface area (Å²) >= 11 is 4.23. The van der Waals surface area contributed by atoms with Crippen LogP contribution in [0.4, 0.5) is 9.52 Å². The van der Waals surface area contributed by atoms with Gasteiger partial charge in [0.05, 0.1) is 17.9 Å². The van der Waals surface area contributed by atoms with Gasteiger partial charge in [-0.25, -0.2) is 14.2 Å². The maximum absolute atomic E-state index is 13.5. The quantitative estimate of drug-likeness (QED) is 0.548. The number of esters is 1. The molecule has 5 nitrogen and oxygen atoms in total. The Balaban J connectivity index is 1.95. The van der Waals surface area contributed by atoms with E-state index < -0.39 is 17.7 Å². The van der Waals surface area contributed by atoms with Gasteiger partial charge in [-0.1, -0.05) is 41.7 Å². The molecule has 0 radical (unpaired) electrons. The first kappa shape index (κ1) is 19.2. The first-order valence-electron chi connectivity index (χ1n) is 7.99. The number of benzene rings is 2. The van der Waals surface area contributed by atoms with Crippen molar-refractivity contribution in [3.8, 4) is 11.3 Å². The van der Waals surface area contributed by atoms with E-state index >= 15 is 0 Å². The number of rotatable bonds is 5. The van der Waals surface area contributed by atoms with Gasteiger partial charge < -0.3 is 4.74 Å². The van der Waals surface area contributed by atoms with Crippen molar-refractivity contribution in [3.05, 3.63) is 69.3 Å². The lowest BCUT2D eigenvalue weighted by atomic mass is 10.1. The summed E-state index contributed by atoms with van der Waals surface area (Å²) in [6.45, 7) is 1.94. The Morgan fingerprint density at radius 1 is 1.22 bits per heavy atom. The zero-order chi connectivity index (χ0) is 19.4. The number of nitrogens with zero attached hydrogens (tertiary/aromatic N) is 1. The van der Waals surface area contributed by atoms with E-state index in [0.717, 1.165) is 23.0 Å². The van der Waals surface area contributed by atoms with Gasteiger partial charge in [0.25, 0.3) is 5.91 Å². The lowest BCUT2D eigenvalue weighted by Gasteiger charge is -2.04. The first-order valence-corrected chi connectivity index (χ1v) is 9.60. The Labute approximate surface area is 167 Å². The van der Waals surface area contributed by atoms with Crippen LogP contribution in [-0.2, 0) is 4.74 Å². The molecule has 0 unspecified atom stereocenters. The number of carbonyl (C=O) groups excluding carboxylic acids is 2. The highest BCUT2D eigenvalue weighted by Gasteiger charge is 2.22. The summed E-state index contributed by atoms with van der Waals surface area (Å²) in [5, 5.41) is 2.84. The van der Waals surface area contributed by atoms with E-state index in [9.17, 15) is 14.0 Å². The molecule has 0 aliphatic carbocycles. The van der Waals surface area contributed by atoms with Gasteiger partial charge in [-0.2, -0.15) is 0 Å². The molecule has 0 atom stereocenters. The van der Waals surface area contributed by atoms with Gasteiger partial charge in [0.1, 0.15) is 10.7 Å². The van der Waals surface area contributed by atoms with Crippen LogP contribution in [0.15, 0.2) is 53.0 Å². The average molecular weight is 449 g/mol. The zero-order valence-electron chi connectivity index (χ0n) is 14.2. The fourth-order valence-electron chi connectivity index (χ4n) is 2.34. The molecule has 0 bridgehead atoms. The van der Waals surface area contributed by atoms with Crippen molar-refractivity contribution < 1.29 is 18.7 Å². The van der Waals surface area contributed by atoms with E-state index in [-0.39, 0.29) is 22.2 Å². The van der Waals surface area contributed by atoms with Crippen LogP contribution in [0.25, 0.3) is 11.3 Å². The Morgan fingerprint density at radius 2 is 1.96 bits per heavy atom. The third kappa shape index (κ3) is 4.40. The van der Waals surface area contributed by atoms with Crippen LogP contribution in [0.1, 0.15) is 27.0 Å². The van der Waals surface area contributed by atoms with Gasteiger partial charge >= 0.3 is 5.97 Å². The van der Waals surface area contributed by atoms with E-state index in [1.165, 1.54) is 12.1 Å². The first-order chi connectivity index (χ1) is 13.0. The summed E-state index contributed by atoms with van der Waals surface area (Å²) in [5.74, 6) is -1.58. The monoisotopic (exact) mass is 448 g/mol. The fourth-order valence-corrected chi connectivity index (χ4v) is 3.64. The minimum atomic E-state index is -0.537. The van der Waals surface area contributed by atoms with E-state index in [2.05, 4.69) is 26.2 Å². The van der Waals surface area contributed by atoms with Crippen LogP contribution in [-0.4, -0.2) is 23.5 Å². The summed E-state index contributed by atoms with van der Waals surface area (Å²) in [6, 6.07) is 12.9. The van der Waals surface area contributed by atoms with Crippen molar-refractivity contribution >= 4 is 44.3 Å². The van der Waals surface area contributed by atoms with E-state index in [4.69, 9.17) is 4.74 Å². The number of ether oxygens (including phenoxy) is 1. The lowest BCUT2D eigenvalue weighted by molar-refractivity contribution is 0.0532. The van der Waals surface area contributed by atoms with Crippen molar-refractivity contribution in [2.45, 2.75) is 6.92 Å². The Morgan fingerprint density at radius 3 is 2.67 bits per heavy atom. The molecular weight excluding hydrogens is 435 g/mol. The van der Waals surface area contributed by atoms with Crippen LogP contribution < -0.4 is 5.32 Å². The molecule has 0 saturated carbocycles. The van der Waals surface area contributed by atoms with Crippen molar-refractivity contribution in [1.29, 1.82) is 0 Å². The van der Waals surface area contributed by atoms with Crippen LogP contribution in [0.5, 0.6) is 0 Å². The SMILES string of the molecule is CCOC(=O)c1sc(NC(=O)c2cc(F)ccc2Br)nc1-c1ccccc1. The average Bonchev–Trinajstić information content (AvgIpc) is 3.08. The molecule has 0 aliphatic heterocycles. The number of thiazole rings is 1. The molecule has 1 amide bonds. The lowest BCUT2D eigenvalue weighted by Crippen LogP contribution is -2.12. The van der Waals surface area contributed by atoms with E-state index in [1.54, 1.807) is 6.92 Å². The third-order valence-electron chi connectivity index (χ3n) is 3.53. The van der Waals surface area contributed by atoms with Gasteiger partial charge in [-0.3, -0.25) is 10.1 Å². The predicted molar refractivity (Wildman–Crippen MR) is 106 cm³/mol. The standard InChI is InChI=1S/C19H14BrFN2O3S/c1-2-26-18(25)16-15(11-6-4-3-5-7-11)22-19(27-16)23-17(24)13-10-12(21)8-9-14(13)20/h3-10H,2H2,1H3,(H,22,23,24). The molecule has 0 spiro atoms. The molecule has 1 aromatic heterocycles. The third-order valence-corrected chi connectivity index (χ3v) is 5.17. The molecule has 3 rings (SSSR count). The number of aromatic nitrogens is 1. The topological polar surface area (TPSA) is 68.3 Å². The Bertz CT molecular complexity index is 992. The van der Waals surface area contributed by atoms with Crippen LogP contribution >= 0.6 is 27.3 Å². The van der Waals surface area contributed by atoms with Crippen LogP contribution in [0.2, 0.25) is 0 Å². The molecule has 138 valence electrons. The predicted octanol–water partition coefficient (Wildman–Crippen LogP) is 5.14. The molecule has 2 aromatic carbocycles. The second-order valence-corrected chi connectivity index (χ2v) is 7.21. The van der Waals surface area contributed by atoms with Crippen molar-refractivity contribution in [2.24, 2.45) is 0 Å². The maximum atomic E-state index is 13.5. The van der Waals surface area contributed by atoms with Gasteiger partial charge in [-0.15, -0.1) is 0 Å². The van der Waals surface area contributed by atoms with Gasteiger partial charge in [0, 0.05) is 10.0 Å². The second kappa shape index (κ2) is 8.41. The second-order valence-electron chi connectivity index (χ2n) is 5.36. The molecule has 0 saturated heterocycles. The summed E-state index contributed by atoms with van der Waals surface area (Å²) in [7, 11) is 0. The minimum Gasteiger partial charge on any atom is -0.462 e. The molecule has 0 fully saturated rings. The minimum absolute atomic E-state index is 0.129. The Hall–Kier alpha value is -2.58. The molecule has 3 aromatic rings. The largest absolute Gasteiger partial charge is 0.462 e. The number of nitrogens with one attached hydrogen (secondary N) is 1. The highest BCUT2D eigenvalue weighted by atomic mass is 79.9. The van der Waals surface area contributed by atoms with E-state index in [0.29, 0.717) is 10.2 Å². The summed E-state index contributed by atoms with van der Waals surface area (Å²) in [4.78, 5) is 29.4. The van der Waals surface area contributed by atoms with Crippen LogP contribution in [0, 0.1) is 5.82 Å². The smallest absolute Gasteiger partial charge is 0.350 e. The number of carbonyl (C=O) groups is 2. The number of anilines is 1. The molecular formula is C19H14BrFN2O3S. The number of hydrogen-bond acceptors (Lipinski definition) is 5. The summed E-state index contributed by atoms with van der Waals surface area (Å²) < 4.78 is 19.0. The highest BCUT2D eigenvalue weighted by Crippen LogP contribution is 2.32. The number of hydrogen-bond donors (Lipinski definition) is 1. The zero-order valence-corrected chi connectivity index (χ0v) is 16.6. The van der Waals surface area contributed by atoms with Gasteiger partial charge in [-0.05, 0) is 41.1 Å². The number of halogens is 2. The summed E-state index contributed by atoms with van der Waals surface area (Å²) in [5.41, 5.74) is 1.28. The normalized spacial score (nSPS) is 10.5. The van der Waals surface area contributed by atoms with Crippen molar-refractivity contribution in [3.63, 3.8) is 0 Å². The van der Waals surface area contributed by atoms with Crippen molar-refractivity contribution in [1.82, 2.24) is 4.98 Å².